The summed E-state index contributed by atoms with van der Waals surface area (Å²) in [6.45, 7) is 3.26. The molecule has 0 atom stereocenters. The van der Waals surface area contributed by atoms with Crippen molar-refractivity contribution < 1.29 is 5.11 Å². The molecule has 1 saturated carbocycles. The Morgan fingerprint density at radius 2 is 2.19 bits per heavy atom. The maximum Gasteiger partial charge on any atom is 0.0504 e. The molecule has 2 rings (SSSR count). The van der Waals surface area contributed by atoms with E-state index in [1.54, 1.807) is 0 Å². The fraction of sp³-hybridized carbons (Fsp3) is 0.538. The van der Waals surface area contributed by atoms with Gasteiger partial charge in [-0.2, -0.15) is 0 Å². The van der Waals surface area contributed by atoms with Crippen LogP contribution in [-0.4, -0.2) is 18.3 Å². The minimum atomic E-state index is 0.140. The molecule has 0 unspecified atom stereocenters. The predicted molar refractivity (Wildman–Crippen MR) is 70.7 cm³/mol. The van der Waals surface area contributed by atoms with Gasteiger partial charge in [0, 0.05) is 22.1 Å². The van der Waals surface area contributed by atoms with Gasteiger partial charge in [-0.05, 0) is 43.5 Å². The van der Waals surface area contributed by atoms with E-state index in [1.807, 2.05) is 0 Å². The molecule has 1 aromatic rings. The van der Waals surface area contributed by atoms with Gasteiger partial charge in [-0.25, -0.2) is 0 Å². The van der Waals surface area contributed by atoms with E-state index in [1.165, 1.54) is 12.0 Å². The highest BCUT2D eigenvalue weighted by Gasteiger charge is 2.35. The van der Waals surface area contributed by atoms with Gasteiger partial charge in [0.05, 0.1) is 6.61 Å². The van der Waals surface area contributed by atoms with Crippen molar-refractivity contribution in [1.82, 2.24) is 0 Å². The van der Waals surface area contributed by atoms with Gasteiger partial charge in [0.25, 0.3) is 0 Å². The van der Waals surface area contributed by atoms with Gasteiger partial charge in [-0.3, -0.25) is 0 Å². The lowest BCUT2D eigenvalue weighted by Crippen LogP contribution is -2.39. The second-order valence-corrected chi connectivity index (χ2v) is 5.68. The Labute approximate surface area is 105 Å². The second-order valence-electron chi connectivity index (χ2n) is 4.83. The van der Waals surface area contributed by atoms with Gasteiger partial charge in [0.1, 0.15) is 0 Å². The summed E-state index contributed by atoms with van der Waals surface area (Å²) < 4.78 is 1.14. The van der Waals surface area contributed by atoms with Crippen LogP contribution in [0.15, 0.2) is 22.7 Å². The van der Waals surface area contributed by atoms with Gasteiger partial charge in [0.15, 0.2) is 0 Å². The maximum atomic E-state index is 9.37. The van der Waals surface area contributed by atoms with E-state index in [9.17, 15) is 5.11 Å². The zero-order chi connectivity index (χ0) is 11.6. The normalized spacial score (nSPS) is 17.9. The van der Waals surface area contributed by atoms with Crippen molar-refractivity contribution in [3.63, 3.8) is 0 Å². The summed E-state index contributed by atoms with van der Waals surface area (Å²) in [6, 6.07) is 6.26. The van der Waals surface area contributed by atoms with Crippen LogP contribution in [0.25, 0.3) is 0 Å². The van der Waals surface area contributed by atoms with Crippen LogP contribution in [0, 0.1) is 12.3 Å². The third kappa shape index (κ3) is 2.41. The Morgan fingerprint density at radius 1 is 1.44 bits per heavy atom. The highest BCUT2D eigenvalue weighted by Crippen LogP contribution is 2.40. The number of anilines is 1. The lowest BCUT2D eigenvalue weighted by atomic mass is 9.69. The number of aliphatic hydroxyl groups excluding tert-OH is 1. The van der Waals surface area contributed by atoms with Gasteiger partial charge in [-0.15, -0.1) is 0 Å². The number of hydrogen-bond donors (Lipinski definition) is 2. The average Bonchev–Trinajstić information content (AvgIpc) is 2.22. The number of hydrogen-bond acceptors (Lipinski definition) is 2. The zero-order valence-corrected chi connectivity index (χ0v) is 11.2. The van der Waals surface area contributed by atoms with Crippen molar-refractivity contribution >= 4 is 21.6 Å². The number of rotatable bonds is 4. The molecule has 1 fully saturated rings. The molecule has 16 heavy (non-hydrogen) atoms. The first-order chi connectivity index (χ1) is 7.65. The van der Waals surface area contributed by atoms with E-state index in [2.05, 4.69) is 46.4 Å². The molecule has 0 amide bonds. The maximum absolute atomic E-state index is 9.37. The van der Waals surface area contributed by atoms with Crippen LogP contribution in [0.3, 0.4) is 0 Å². The molecular weight excluding hydrogens is 266 g/mol. The SMILES string of the molecule is Cc1cc(NCC2(CO)CCC2)ccc1Br. The lowest BCUT2D eigenvalue weighted by molar-refractivity contribution is 0.0576. The molecule has 88 valence electrons. The monoisotopic (exact) mass is 283 g/mol. The molecule has 1 aromatic carbocycles. The molecule has 0 aromatic heterocycles. The topological polar surface area (TPSA) is 32.3 Å². The molecule has 2 N–H and O–H groups in total. The van der Waals surface area contributed by atoms with E-state index in [-0.39, 0.29) is 5.41 Å². The third-order valence-corrected chi connectivity index (χ3v) is 4.46. The number of halogens is 1. The highest BCUT2D eigenvalue weighted by molar-refractivity contribution is 9.10. The van der Waals surface area contributed by atoms with Crippen LogP contribution in [0.4, 0.5) is 5.69 Å². The highest BCUT2D eigenvalue weighted by atomic mass is 79.9. The van der Waals surface area contributed by atoms with Gasteiger partial charge in [-0.1, -0.05) is 22.4 Å². The quantitative estimate of drug-likeness (QED) is 0.889. The predicted octanol–water partition coefficient (Wildman–Crippen LogP) is 3.33. The molecule has 0 radical (unpaired) electrons. The summed E-state index contributed by atoms with van der Waals surface area (Å²) in [5, 5.41) is 12.8. The van der Waals surface area contributed by atoms with Crippen LogP contribution >= 0.6 is 15.9 Å². The fourth-order valence-corrected chi connectivity index (χ4v) is 2.36. The first-order valence-electron chi connectivity index (χ1n) is 5.76. The van der Waals surface area contributed by atoms with E-state index in [0.29, 0.717) is 6.61 Å². The molecule has 0 spiro atoms. The van der Waals surface area contributed by atoms with Gasteiger partial charge in [0.2, 0.25) is 0 Å². The summed E-state index contributed by atoms with van der Waals surface area (Å²) in [5.41, 5.74) is 2.51. The van der Waals surface area contributed by atoms with E-state index >= 15 is 0 Å². The van der Waals surface area contributed by atoms with Crippen molar-refractivity contribution in [3.8, 4) is 0 Å². The zero-order valence-electron chi connectivity index (χ0n) is 9.59. The van der Waals surface area contributed by atoms with Crippen LogP contribution < -0.4 is 5.32 Å². The van der Waals surface area contributed by atoms with Crippen LogP contribution in [-0.2, 0) is 0 Å². The summed E-state index contributed by atoms with van der Waals surface area (Å²) in [7, 11) is 0. The Kier molecular flexibility index (Phi) is 3.55. The summed E-state index contributed by atoms with van der Waals surface area (Å²) in [4.78, 5) is 0. The molecule has 2 nitrogen and oxygen atoms in total. The van der Waals surface area contributed by atoms with Gasteiger partial charge < -0.3 is 10.4 Å². The van der Waals surface area contributed by atoms with Crippen LogP contribution in [0.5, 0.6) is 0 Å². The van der Waals surface area contributed by atoms with Crippen LogP contribution in [0.1, 0.15) is 24.8 Å². The first kappa shape index (κ1) is 11.9. The first-order valence-corrected chi connectivity index (χ1v) is 6.55. The lowest BCUT2D eigenvalue weighted by Gasteiger charge is -2.40. The fourth-order valence-electron chi connectivity index (χ4n) is 2.11. The van der Waals surface area contributed by atoms with E-state index in [0.717, 1.165) is 29.5 Å². The number of aryl methyl sites for hydroxylation is 1. The Morgan fingerprint density at radius 3 is 2.69 bits per heavy atom. The van der Waals surface area contributed by atoms with Gasteiger partial charge >= 0.3 is 0 Å². The molecule has 0 saturated heterocycles. The average molecular weight is 284 g/mol. The molecular formula is C13H18BrNO. The Balaban J connectivity index is 1.96. The minimum Gasteiger partial charge on any atom is -0.396 e. The van der Waals surface area contributed by atoms with Crippen molar-refractivity contribution in [2.45, 2.75) is 26.2 Å². The smallest absolute Gasteiger partial charge is 0.0504 e. The second kappa shape index (κ2) is 4.76. The Hall–Kier alpha value is -0.540. The minimum absolute atomic E-state index is 0.140. The molecule has 1 aliphatic carbocycles. The number of benzene rings is 1. The van der Waals surface area contributed by atoms with Crippen molar-refractivity contribution in [2.24, 2.45) is 5.41 Å². The summed E-state index contributed by atoms with van der Waals surface area (Å²) >= 11 is 3.49. The van der Waals surface area contributed by atoms with E-state index in [4.69, 9.17) is 0 Å². The van der Waals surface area contributed by atoms with Crippen LogP contribution in [0.2, 0.25) is 0 Å². The molecule has 1 aliphatic rings. The van der Waals surface area contributed by atoms with E-state index < -0.39 is 0 Å². The molecule has 0 heterocycles. The third-order valence-electron chi connectivity index (χ3n) is 3.58. The Bertz CT molecular complexity index is 369. The molecule has 3 heteroatoms. The number of nitrogens with one attached hydrogen (secondary N) is 1. The molecule has 0 aliphatic heterocycles. The van der Waals surface area contributed by atoms with Crippen molar-refractivity contribution in [2.75, 3.05) is 18.5 Å². The number of aliphatic hydroxyl groups is 1. The summed E-state index contributed by atoms with van der Waals surface area (Å²) in [6.07, 6.45) is 3.54. The standard InChI is InChI=1S/C13H18BrNO/c1-10-7-11(3-4-12(10)14)15-8-13(9-16)5-2-6-13/h3-4,7,15-16H,2,5-6,8-9H2,1H3. The summed E-state index contributed by atoms with van der Waals surface area (Å²) in [5.74, 6) is 0. The van der Waals surface area contributed by atoms with Crippen molar-refractivity contribution in [3.05, 3.63) is 28.2 Å². The molecule has 0 bridgehead atoms. The van der Waals surface area contributed by atoms with Crippen molar-refractivity contribution in [1.29, 1.82) is 0 Å². The largest absolute Gasteiger partial charge is 0.396 e.